The first-order valence-electron chi connectivity index (χ1n) is 10.7. The topological polar surface area (TPSA) is 78.2 Å². The van der Waals surface area contributed by atoms with Crippen molar-refractivity contribution in [3.63, 3.8) is 0 Å². The van der Waals surface area contributed by atoms with E-state index in [9.17, 15) is 9.18 Å². The number of hydrogen-bond acceptors (Lipinski definition) is 7. The molecule has 1 fully saturated rings. The number of halogens is 1. The zero-order valence-electron chi connectivity index (χ0n) is 18.4. The highest BCUT2D eigenvalue weighted by molar-refractivity contribution is 6.14. The molecule has 8 nitrogen and oxygen atoms in total. The summed E-state index contributed by atoms with van der Waals surface area (Å²) in [5.41, 5.74) is 0.178. The van der Waals surface area contributed by atoms with Crippen LogP contribution in [-0.4, -0.2) is 54.2 Å². The van der Waals surface area contributed by atoms with Crippen molar-refractivity contribution in [2.45, 2.75) is 32.2 Å². The fourth-order valence-corrected chi connectivity index (χ4v) is 4.22. The molecule has 166 valence electrons. The van der Waals surface area contributed by atoms with Crippen LogP contribution in [0.5, 0.6) is 17.2 Å². The van der Waals surface area contributed by atoms with Gasteiger partial charge in [-0.15, -0.1) is 5.10 Å². The van der Waals surface area contributed by atoms with Gasteiger partial charge >= 0.3 is 5.56 Å². The molecule has 0 N–H and O–H groups in total. The van der Waals surface area contributed by atoms with Crippen molar-refractivity contribution in [3.8, 4) is 17.2 Å². The van der Waals surface area contributed by atoms with Crippen LogP contribution in [0.3, 0.4) is 0 Å². The van der Waals surface area contributed by atoms with Gasteiger partial charge in [0.2, 0.25) is 5.82 Å². The average molecular weight is 438 g/mol. The molecule has 2 aliphatic heterocycles. The van der Waals surface area contributed by atoms with Crippen molar-refractivity contribution in [2.75, 3.05) is 31.2 Å². The zero-order valence-corrected chi connectivity index (χ0v) is 18.4. The molecule has 10 heteroatoms. The van der Waals surface area contributed by atoms with Crippen molar-refractivity contribution in [1.29, 1.82) is 0 Å². The quantitative estimate of drug-likeness (QED) is 0.576. The summed E-state index contributed by atoms with van der Waals surface area (Å²) in [7, 11) is 2.09. The summed E-state index contributed by atoms with van der Waals surface area (Å²) in [5.74, 6) is 1.97. The lowest BCUT2D eigenvalue weighted by Gasteiger charge is -2.40. The van der Waals surface area contributed by atoms with Crippen molar-refractivity contribution in [3.05, 3.63) is 51.7 Å². The van der Waals surface area contributed by atoms with Crippen LogP contribution in [0.4, 0.5) is 10.2 Å². The maximum Gasteiger partial charge on any atom is 0.310 e. The lowest BCUT2D eigenvalue weighted by Crippen LogP contribution is -2.49. The van der Waals surface area contributed by atoms with E-state index in [1.807, 2.05) is 25.1 Å². The molecule has 2 aliphatic rings. The lowest BCUT2D eigenvalue weighted by molar-refractivity contribution is 0.124. The number of benzene rings is 1. The Morgan fingerprint density at radius 2 is 1.84 bits per heavy atom. The lowest BCUT2D eigenvalue weighted by atomic mass is 9.73. The minimum atomic E-state index is -0.871. The molecular weight excluding hydrogens is 414 g/mol. The summed E-state index contributed by atoms with van der Waals surface area (Å²) in [6.07, 6.45) is 1.52. The smallest absolute Gasteiger partial charge is 0.310 e. The van der Waals surface area contributed by atoms with E-state index in [1.165, 1.54) is 6.92 Å². The molecule has 0 bridgehead atoms. The normalized spacial score (nSPS) is 17.4. The second-order valence-electron chi connectivity index (χ2n) is 8.58. The van der Waals surface area contributed by atoms with Crippen LogP contribution >= 0.6 is 0 Å². The molecule has 0 unspecified atom stereocenters. The monoisotopic (exact) mass is 438 g/mol. The Bertz CT molecular complexity index is 1260. The molecule has 1 saturated heterocycles. The van der Waals surface area contributed by atoms with Crippen LogP contribution in [-0.2, 0) is 0 Å². The number of aromatic nitrogens is 3. The van der Waals surface area contributed by atoms with Gasteiger partial charge in [-0.05, 0) is 50.5 Å². The minimum Gasteiger partial charge on any atom is -0.496 e. The Balaban J connectivity index is 1.34. The number of piperidine rings is 1. The van der Waals surface area contributed by atoms with Gasteiger partial charge in [-0.2, -0.15) is 8.91 Å². The molecule has 32 heavy (non-hydrogen) atoms. The predicted molar refractivity (Wildman–Crippen MR) is 119 cm³/mol. The van der Waals surface area contributed by atoms with Crippen LogP contribution in [0, 0.1) is 19.7 Å². The Kier molecular flexibility index (Phi) is 4.95. The minimum absolute atomic E-state index is 0.0778. The largest absolute Gasteiger partial charge is 0.496 e. The van der Waals surface area contributed by atoms with Crippen LogP contribution in [0.25, 0.3) is 5.65 Å². The van der Waals surface area contributed by atoms with Gasteiger partial charge in [-0.1, -0.05) is 0 Å². The standard InChI is InChI=1S/C22H24BFN4O4/c1-13-11-18-25-14(2)19(24)21(29)28(18)26-20(13)27-7-5-22(23,6-8-27)32-15-3-4-16-17(12-15)31-10-9-30-16/h3-4,11-12H,5-10,23H2,1-2H3. The molecular formula is C22H24BFN4O4. The van der Waals surface area contributed by atoms with Gasteiger partial charge in [0.1, 0.15) is 19.0 Å². The molecule has 0 spiro atoms. The van der Waals surface area contributed by atoms with E-state index >= 15 is 0 Å². The fraction of sp³-hybridized carbons (Fsp3) is 0.409. The third-order valence-electron chi connectivity index (χ3n) is 6.09. The molecule has 5 rings (SSSR count). The molecule has 0 aliphatic carbocycles. The van der Waals surface area contributed by atoms with Gasteiger partial charge in [0.25, 0.3) is 0 Å². The second kappa shape index (κ2) is 7.68. The third kappa shape index (κ3) is 3.63. The first-order valence-corrected chi connectivity index (χ1v) is 10.7. The molecule has 0 radical (unpaired) electrons. The summed E-state index contributed by atoms with van der Waals surface area (Å²) in [6.45, 7) is 5.87. The summed E-state index contributed by atoms with van der Waals surface area (Å²) in [4.78, 5) is 18.6. The van der Waals surface area contributed by atoms with E-state index in [0.29, 0.717) is 43.5 Å². The number of fused-ring (bicyclic) bond motifs is 2. The van der Waals surface area contributed by atoms with Crippen LogP contribution < -0.4 is 24.7 Å². The Morgan fingerprint density at radius 1 is 1.12 bits per heavy atom. The molecule has 0 amide bonds. The first-order chi connectivity index (χ1) is 15.3. The van der Waals surface area contributed by atoms with Gasteiger partial charge < -0.3 is 19.1 Å². The van der Waals surface area contributed by atoms with E-state index in [-0.39, 0.29) is 11.2 Å². The molecule has 3 aromatic rings. The van der Waals surface area contributed by atoms with Crippen molar-refractivity contribution >= 4 is 19.3 Å². The molecule has 0 saturated carbocycles. The highest BCUT2D eigenvalue weighted by atomic mass is 19.1. The summed E-state index contributed by atoms with van der Waals surface area (Å²) < 4.78 is 32.7. The maximum atomic E-state index is 14.1. The van der Waals surface area contributed by atoms with Gasteiger partial charge in [0.05, 0.1) is 11.2 Å². The molecule has 0 atom stereocenters. The number of rotatable bonds is 3. The fourth-order valence-electron chi connectivity index (χ4n) is 4.22. The van der Waals surface area contributed by atoms with Crippen LogP contribution in [0.2, 0.25) is 0 Å². The Morgan fingerprint density at radius 3 is 2.59 bits per heavy atom. The molecule has 4 heterocycles. The molecule has 1 aromatic carbocycles. The highest BCUT2D eigenvalue weighted by Gasteiger charge is 2.33. The van der Waals surface area contributed by atoms with Crippen LogP contribution in [0.1, 0.15) is 24.1 Å². The third-order valence-corrected chi connectivity index (χ3v) is 6.09. The summed E-state index contributed by atoms with van der Waals surface area (Å²) in [6, 6.07) is 7.42. The van der Waals surface area contributed by atoms with Crippen LogP contribution in [0.15, 0.2) is 29.1 Å². The van der Waals surface area contributed by atoms with E-state index in [0.717, 1.165) is 34.4 Å². The van der Waals surface area contributed by atoms with Gasteiger partial charge in [-0.3, -0.25) is 4.79 Å². The Labute approximate surface area is 185 Å². The van der Waals surface area contributed by atoms with E-state index < -0.39 is 11.4 Å². The van der Waals surface area contributed by atoms with E-state index in [2.05, 4.69) is 22.8 Å². The van der Waals surface area contributed by atoms with Gasteiger partial charge in [0, 0.05) is 19.2 Å². The van der Waals surface area contributed by atoms with Gasteiger partial charge in [-0.25, -0.2) is 4.98 Å². The second-order valence-corrected chi connectivity index (χ2v) is 8.58. The first kappa shape index (κ1) is 20.6. The summed E-state index contributed by atoms with van der Waals surface area (Å²) >= 11 is 0. The van der Waals surface area contributed by atoms with Gasteiger partial charge in [0.15, 0.2) is 30.8 Å². The number of hydrogen-bond donors (Lipinski definition) is 0. The molecule has 2 aromatic heterocycles. The predicted octanol–water partition coefficient (Wildman–Crippen LogP) is 1.63. The average Bonchev–Trinajstić information content (AvgIpc) is 2.78. The van der Waals surface area contributed by atoms with E-state index in [4.69, 9.17) is 14.2 Å². The van der Waals surface area contributed by atoms with Crippen molar-refractivity contribution in [2.24, 2.45) is 0 Å². The van der Waals surface area contributed by atoms with E-state index in [1.54, 1.807) is 6.07 Å². The zero-order chi connectivity index (χ0) is 22.5. The van der Waals surface area contributed by atoms with Crippen molar-refractivity contribution in [1.82, 2.24) is 14.6 Å². The Hall–Kier alpha value is -3.30. The number of nitrogens with zero attached hydrogens (tertiary/aromatic N) is 4. The maximum absolute atomic E-state index is 14.1. The number of anilines is 1. The SMILES string of the molecule is BC1(Oc2ccc3c(c2)OCCO3)CCN(c2nn3c(=O)c(F)c(C)nc3cc2C)CC1. The number of aryl methyl sites for hydroxylation is 2. The van der Waals surface area contributed by atoms with Crippen molar-refractivity contribution < 1.29 is 18.6 Å². The summed E-state index contributed by atoms with van der Waals surface area (Å²) in [5, 5.41) is 4.44. The highest BCUT2D eigenvalue weighted by Crippen LogP contribution is 2.36. The number of ether oxygens (including phenoxy) is 3.